The van der Waals surface area contributed by atoms with Crippen LogP contribution in [0.4, 0.5) is 4.39 Å². The Labute approximate surface area is 182 Å². The summed E-state index contributed by atoms with van der Waals surface area (Å²) in [6.07, 6.45) is 1.94. The number of hydrogen-bond acceptors (Lipinski definition) is 7. The third kappa shape index (κ3) is 4.21. The fraction of sp³-hybridized carbons (Fsp3) is 0.350. The van der Waals surface area contributed by atoms with Gasteiger partial charge in [0.05, 0.1) is 22.1 Å². The Balaban J connectivity index is 1.60. The van der Waals surface area contributed by atoms with E-state index in [1.54, 1.807) is 31.0 Å². The number of benzene rings is 1. The molecule has 10 heteroatoms. The van der Waals surface area contributed by atoms with E-state index in [0.29, 0.717) is 11.4 Å². The molecular formula is C20H20FN3O3S3. The van der Waals surface area contributed by atoms with Gasteiger partial charge in [0.15, 0.2) is 9.84 Å². The maximum Gasteiger partial charge on any atom is 0.235 e. The first-order valence-electron chi connectivity index (χ1n) is 9.37. The minimum atomic E-state index is -3.07. The predicted molar refractivity (Wildman–Crippen MR) is 118 cm³/mol. The Bertz CT molecular complexity index is 1190. The van der Waals surface area contributed by atoms with Crippen molar-refractivity contribution in [3.05, 3.63) is 41.8 Å². The number of thioether (sulfide) groups is 1. The highest BCUT2D eigenvalue weighted by Crippen LogP contribution is 2.39. The van der Waals surface area contributed by atoms with Gasteiger partial charge in [-0.25, -0.2) is 22.8 Å². The van der Waals surface area contributed by atoms with Crippen molar-refractivity contribution in [3.63, 3.8) is 0 Å². The minimum Gasteiger partial charge on any atom is -0.341 e. The molecule has 1 fully saturated rings. The van der Waals surface area contributed by atoms with E-state index < -0.39 is 15.1 Å². The van der Waals surface area contributed by atoms with Crippen molar-refractivity contribution < 1.29 is 17.6 Å². The normalized spacial score (nSPS) is 19.1. The summed E-state index contributed by atoms with van der Waals surface area (Å²) in [4.78, 5) is 24.0. The van der Waals surface area contributed by atoms with E-state index in [9.17, 15) is 17.6 Å². The van der Waals surface area contributed by atoms with Crippen LogP contribution in [-0.4, -0.2) is 59.0 Å². The van der Waals surface area contributed by atoms with Crippen molar-refractivity contribution >= 4 is 49.1 Å². The molecule has 1 aromatic carbocycles. The van der Waals surface area contributed by atoms with Gasteiger partial charge in [0.2, 0.25) is 5.91 Å². The molecule has 30 heavy (non-hydrogen) atoms. The highest BCUT2D eigenvalue weighted by molar-refractivity contribution is 8.00. The molecule has 0 radical (unpaired) electrons. The number of hydrogen-bond donors (Lipinski definition) is 0. The van der Waals surface area contributed by atoms with Crippen molar-refractivity contribution in [2.75, 3.05) is 18.6 Å². The number of amides is 1. The molecule has 1 amide bonds. The third-order valence-corrected chi connectivity index (χ3v) is 8.96. The molecule has 1 aliphatic rings. The van der Waals surface area contributed by atoms with Gasteiger partial charge in [-0.2, -0.15) is 0 Å². The first-order valence-corrected chi connectivity index (χ1v) is 12.9. The van der Waals surface area contributed by atoms with E-state index in [-0.39, 0.29) is 29.3 Å². The molecule has 2 atom stereocenters. The summed E-state index contributed by atoms with van der Waals surface area (Å²) in [6, 6.07) is 5.95. The lowest BCUT2D eigenvalue weighted by Gasteiger charge is -2.26. The van der Waals surface area contributed by atoms with Gasteiger partial charge in [-0.3, -0.25) is 4.79 Å². The number of fused-ring (bicyclic) bond motifs is 1. The zero-order chi connectivity index (χ0) is 21.5. The van der Waals surface area contributed by atoms with E-state index >= 15 is 0 Å². The van der Waals surface area contributed by atoms with Crippen LogP contribution < -0.4 is 0 Å². The summed E-state index contributed by atoms with van der Waals surface area (Å²) in [7, 11) is -1.40. The number of rotatable bonds is 5. The molecule has 0 aliphatic carbocycles. The Morgan fingerprint density at radius 2 is 2.03 bits per heavy atom. The molecule has 158 valence electrons. The molecule has 3 aromatic rings. The lowest BCUT2D eigenvalue weighted by Crippen LogP contribution is -2.41. The van der Waals surface area contributed by atoms with Crippen LogP contribution in [-0.2, 0) is 14.6 Å². The summed E-state index contributed by atoms with van der Waals surface area (Å²) >= 11 is 2.79. The van der Waals surface area contributed by atoms with Crippen LogP contribution in [0.25, 0.3) is 21.3 Å². The van der Waals surface area contributed by atoms with Crippen LogP contribution in [0.15, 0.2) is 41.0 Å². The molecule has 4 rings (SSSR count). The van der Waals surface area contributed by atoms with Crippen molar-refractivity contribution in [2.24, 2.45) is 0 Å². The zero-order valence-electron chi connectivity index (χ0n) is 16.4. The largest absolute Gasteiger partial charge is 0.341 e. The van der Waals surface area contributed by atoms with Crippen LogP contribution in [0.1, 0.15) is 13.3 Å². The fourth-order valence-electron chi connectivity index (χ4n) is 3.54. The van der Waals surface area contributed by atoms with Gasteiger partial charge in [-0.1, -0.05) is 23.9 Å². The van der Waals surface area contributed by atoms with Crippen molar-refractivity contribution in [1.29, 1.82) is 0 Å². The SMILES string of the molecule is CC(Sc1ncnc2scc(-c3ccc(F)cc3)c12)C(=O)N(C)C1CCS(=O)(=O)C1. The van der Waals surface area contributed by atoms with E-state index in [0.717, 1.165) is 21.3 Å². The van der Waals surface area contributed by atoms with E-state index in [1.165, 1.54) is 41.6 Å². The van der Waals surface area contributed by atoms with Gasteiger partial charge >= 0.3 is 0 Å². The van der Waals surface area contributed by atoms with Crippen molar-refractivity contribution in [3.8, 4) is 11.1 Å². The van der Waals surface area contributed by atoms with Crippen LogP contribution in [0, 0.1) is 5.82 Å². The molecule has 0 saturated carbocycles. The summed E-state index contributed by atoms with van der Waals surface area (Å²) < 4.78 is 36.8. The van der Waals surface area contributed by atoms with Gasteiger partial charge in [0.1, 0.15) is 22.0 Å². The zero-order valence-corrected chi connectivity index (χ0v) is 18.9. The molecule has 0 N–H and O–H groups in total. The average molecular weight is 466 g/mol. The number of sulfone groups is 1. The monoisotopic (exact) mass is 465 g/mol. The summed E-state index contributed by atoms with van der Waals surface area (Å²) in [6.45, 7) is 1.80. The molecular weight excluding hydrogens is 445 g/mol. The molecule has 3 heterocycles. The fourth-order valence-corrected chi connectivity index (χ4v) is 7.33. The summed E-state index contributed by atoms with van der Waals surface area (Å²) in [5.74, 6) is -0.296. The molecule has 6 nitrogen and oxygen atoms in total. The number of carbonyl (C=O) groups is 1. The Morgan fingerprint density at radius 1 is 1.30 bits per heavy atom. The van der Waals surface area contributed by atoms with Gasteiger partial charge < -0.3 is 4.90 Å². The lowest BCUT2D eigenvalue weighted by atomic mass is 10.1. The highest BCUT2D eigenvalue weighted by atomic mass is 32.2. The van der Waals surface area contributed by atoms with Crippen LogP contribution in [0.2, 0.25) is 0 Å². The second-order valence-electron chi connectivity index (χ2n) is 7.28. The smallest absolute Gasteiger partial charge is 0.235 e. The van der Waals surface area contributed by atoms with Crippen molar-refractivity contribution in [2.45, 2.75) is 29.7 Å². The number of nitrogens with zero attached hydrogens (tertiary/aromatic N) is 3. The highest BCUT2D eigenvalue weighted by Gasteiger charge is 2.34. The lowest BCUT2D eigenvalue weighted by molar-refractivity contribution is -0.130. The van der Waals surface area contributed by atoms with Crippen molar-refractivity contribution in [1.82, 2.24) is 14.9 Å². The first-order chi connectivity index (χ1) is 14.2. The maximum atomic E-state index is 13.3. The van der Waals surface area contributed by atoms with Crippen LogP contribution >= 0.6 is 23.1 Å². The first kappa shape index (κ1) is 21.2. The molecule has 1 saturated heterocycles. The number of aromatic nitrogens is 2. The molecule has 2 unspecified atom stereocenters. The van der Waals surface area contributed by atoms with Crippen LogP contribution in [0.3, 0.4) is 0 Å². The van der Waals surface area contributed by atoms with E-state index in [4.69, 9.17) is 0 Å². The molecule has 0 bridgehead atoms. The quantitative estimate of drug-likeness (QED) is 0.423. The van der Waals surface area contributed by atoms with Gasteiger partial charge in [-0.15, -0.1) is 11.3 Å². The molecule has 2 aromatic heterocycles. The van der Waals surface area contributed by atoms with Gasteiger partial charge in [-0.05, 0) is 31.0 Å². The number of carbonyl (C=O) groups excluding carboxylic acids is 1. The summed E-state index contributed by atoms with van der Waals surface area (Å²) in [5, 5.41) is 3.02. The minimum absolute atomic E-state index is 0.0175. The third-order valence-electron chi connectivity index (χ3n) is 5.23. The topological polar surface area (TPSA) is 80.2 Å². The average Bonchev–Trinajstić information content (AvgIpc) is 3.31. The second-order valence-corrected chi connectivity index (χ2v) is 11.7. The Morgan fingerprint density at radius 3 is 2.70 bits per heavy atom. The van der Waals surface area contributed by atoms with E-state index in [1.807, 2.05) is 5.38 Å². The Hall–Kier alpha value is -2.04. The standard InChI is InChI=1S/C20H20FN3O3S3/c1-12(20(25)24(2)15-7-8-30(26,27)10-15)29-19-17-16(9-28-18(17)22-11-23-19)13-3-5-14(21)6-4-13/h3-6,9,11-12,15H,7-8,10H2,1-2H3. The van der Waals surface area contributed by atoms with Crippen LogP contribution in [0.5, 0.6) is 0 Å². The summed E-state index contributed by atoms with van der Waals surface area (Å²) in [5.41, 5.74) is 1.75. The second kappa shape index (κ2) is 8.24. The van der Waals surface area contributed by atoms with Gasteiger partial charge in [0.25, 0.3) is 0 Å². The van der Waals surface area contributed by atoms with Gasteiger partial charge in [0, 0.05) is 24.0 Å². The maximum absolute atomic E-state index is 13.3. The van der Waals surface area contributed by atoms with E-state index in [2.05, 4.69) is 9.97 Å². The molecule has 1 aliphatic heterocycles. The number of halogens is 1. The molecule has 0 spiro atoms. The number of thiophene rings is 1. The Kier molecular flexibility index (Phi) is 5.82. The predicted octanol–water partition coefficient (Wildman–Crippen LogP) is 3.62.